The molecule has 1 aliphatic rings. The maximum absolute atomic E-state index is 12.7. The molecule has 0 radical (unpaired) electrons. The Labute approximate surface area is 201 Å². The van der Waals surface area contributed by atoms with Crippen LogP contribution in [0.4, 0.5) is 17.2 Å². The molecule has 1 saturated heterocycles. The third-order valence-corrected chi connectivity index (χ3v) is 5.96. The van der Waals surface area contributed by atoms with Gasteiger partial charge in [-0.2, -0.15) is 0 Å². The van der Waals surface area contributed by atoms with Gasteiger partial charge in [0.2, 0.25) is 0 Å². The van der Waals surface area contributed by atoms with Gasteiger partial charge in [-0.25, -0.2) is 4.98 Å². The first-order valence-corrected chi connectivity index (χ1v) is 11.2. The van der Waals surface area contributed by atoms with Gasteiger partial charge in [-0.3, -0.25) is 9.59 Å². The highest BCUT2D eigenvalue weighted by atomic mass is 35.5. The van der Waals surface area contributed by atoms with Crippen molar-refractivity contribution in [3.8, 4) is 0 Å². The summed E-state index contributed by atoms with van der Waals surface area (Å²) in [6.07, 6.45) is 2.68. The van der Waals surface area contributed by atoms with Gasteiger partial charge in [-0.15, -0.1) is 0 Å². The molecule has 3 N–H and O–H groups in total. The highest BCUT2D eigenvalue weighted by Crippen LogP contribution is 2.27. The fraction of sp³-hybridized carbons (Fsp3) is 0.208. The number of aliphatic hydroxyl groups excluding tert-OH is 1. The minimum Gasteiger partial charge on any atom is -0.393 e. The number of rotatable bonds is 5. The smallest absolute Gasteiger partial charge is 0.257 e. The molecule has 2 amide bonds. The van der Waals surface area contributed by atoms with Crippen molar-refractivity contribution in [3.05, 3.63) is 82.0 Å². The molecule has 2 aromatic carbocycles. The van der Waals surface area contributed by atoms with Crippen LogP contribution >= 0.6 is 23.2 Å². The lowest BCUT2D eigenvalue weighted by molar-refractivity contribution is 0.101. The highest BCUT2D eigenvalue weighted by Gasteiger charge is 2.18. The molecule has 1 aliphatic heterocycles. The fourth-order valence-corrected chi connectivity index (χ4v) is 3.79. The van der Waals surface area contributed by atoms with Gasteiger partial charge < -0.3 is 20.6 Å². The summed E-state index contributed by atoms with van der Waals surface area (Å²) in [6.45, 7) is 1.46. The van der Waals surface area contributed by atoms with Gasteiger partial charge in [0.15, 0.2) is 0 Å². The first-order valence-electron chi connectivity index (χ1n) is 10.5. The molecule has 1 aromatic heterocycles. The molecule has 33 heavy (non-hydrogen) atoms. The standard InChI is InChI=1S/C24H22Cl2N4O3/c25-17-4-1-15(2-5-17)23(32)29-21-13-18(6-7-20(21)26)28-24(33)16-3-8-22(27-14-16)30-11-9-19(31)10-12-30/h1-8,13-14,19,31H,9-12H2,(H,28,33)(H,29,32). The van der Waals surface area contributed by atoms with Gasteiger partial charge in [-0.1, -0.05) is 23.2 Å². The van der Waals surface area contributed by atoms with E-state index < -0.39 is 0 Å². The summed E-state index contributed by atoms with van der Waals surface area (Å²) in [5, 5.41) is 16.1. The van der Waals surface area contributed by atoms with Crippen LogP contribution in [0.2, 0.25) is 10.0 Å². The Kier molecular flexibility index (Phi) is 7.13. The Morgan fingerprint density at radius 3 is 2.24 bits per heavy atom. The summed E-state index contributed by atoms with van der Waals surface area (Å²) in [5.74, 6) is 0.0969. The van der Waals surface area contributed by atoms with Gasteiger partial charge in [0.05, 0.1) is 22.4 Å². The molecule has 4 rings (SSSR count). The van der Waals surface area contributed by atoms with Crippen LogP contribution in [0.1, 0.15) is 33.6 Å². The van der Waals surface area contributed by atoms with Crippen LogP contribution in [0.15, 0.2) is 60.8 Å². The maximum Gasteiger partial charge on any atom is 0.257 e. The Balaban J connectivity index is 1.41. The zero-order chi connectivity index (χ0) is 23.4. The molecular weight excluding hydrogens is 463 g/mol. The van der Waals surface area contributed by atoms with E-state index in [1.165, 1.54) is 6.20 Å². The van der Waals surface area contributed by atoms with Crippen LogP contribution in [-0.4, -0.2) is 41.1 Å². The van der Waals surface area contributed by atoms with Crippen molar-refractivity contribution >= 4 is 52.2 Å². The molecule has 170 valence electrons. The largest absolute Gasteiger partial charge is 0.393 e. The zero-order valence-corrected chi connectivity index (χ0v) is 19.1. The van der Waals surface area contributed by atoms with E-state index in [0.717, 1.165) is 18.9 Å². The molecule has 3 aromatic rings. The van der Waals surface area contributed by atoms with E-state index >= 15 is 0 Å². The molecular formula is C24H22Cl2N4O3. The van der Waals surface area contributed by atoms with E-state index in [-0.39, 0.29) is 17.9 Å². The predicted molar refractivity (Wildman–Crippen MR) is 131 cm³/mol. The number of hydrogen-bond donors (Lipinski definition) is 3. The van der Waals surface area contributed by atoms with E-state index in [1.54, 1.807) is 54.6 Å². The molecule has 7 nitrogen and oxygen atoms in total. The summed E-state index contributed by atoms with van der Waals surface area (Å²) in [5.41, 5.74) is 1.68. The van der Waals surface area contributed by atoms with E-state index in [2.05, 4.69) is 20.5 Å². The van der Waals surface area contributed by atoms with Crippen LogP contribution in [0.25, 0.3) is 0 Å². The van der Waals surface area contributed by atoms with Gasteiger partial charge >= 0.3 is 0 Å². The normalized spacial score (nSPS) is 14.1. The lowest BCUT2D eigenvalue weighted by atomic mass is 10.1. The first-order chi connectivity index (χ1) is 15.9. The van der Waals surface area contributed by atoms with Crippen LogP contribution in [0.5, 0.6) is 0 Å². The lowest BCUT2D eigenvalue weighted by Gasteiger charge is -2.30. The maximum atomic E-state index is 12.7. The summed E-state index contributed by atoms with van der Waals surface area (Å²) < 4.78 is 0. The Morgan fingerprint density at radius 1 is 0.909 bits per heavy atom. The number of carbonyl (C=O) groups excluding carboxylic acids is 2. The number of aromatic nitrogens is 1. The highest BCUT2D eigenvalue weighted by molar-refractivity contribution is 6.34. The number of aliphatic hydroxyl groups is 1. The third kappa shape index (κ3) is 5.82. The SMILES string of the molecule is O=C(Nc1ccc(Cl)c(NC(=O)c2ccc(Cl)cc2)c1)c1ccc(N2CCC(O)CC2)nc1. The molecule has 0 unspecified atom stereocenters. The number of piperidine rings is 1. The first kappa shape index (κ1) is 23.0. The van der Waals surface area contributed by atoms with E-state index in [4.69, 9.17) is 23.2 Å². The van der Waals surface area contributed by atoms with Gasteiger partial charge in [0.25, 0.3) is 11.8 Å². The van der Waals surface area contributed by atoms with Gasteiger partial charge in [-0.05, 0) is 67.4 Å². The minimum atomic E-state index is -0.345. The number of nitrogens with one attached hydrogen (secondary N) is 2. The van der Waals surface area contributed by atoms with Crippen molar-refractivity contribution in [2.45, 2.75) is 18.9 Å². The number of hydrogen-bond acceptors (Lipinski definition) is 5. The minimum absolute atomic E-state index is 0.258. The van der Waals surface area contributed by atoms with Crippen LogP contribution in [-0.2, 0) is 0 Å². The monoisotopic (exact) mass is 484 g/mol. The zero-order valence-electron chi connectivity index (χ0n) is 17.6. The van der Waals surface area contributed by atoms with Crippen LogP contribution in [0, 0.1) is 0 Å². The molecule has 9 heteroatoms. The van der Waals surface area contributed by atoms with Crippen molar-refractivity contribution in [2.24, 2.45) is 0 Å². The summed E-state index contributed by atoms with van der Waals surface area (Å²) >= 11 is 12.1. The second-order valence-corrected chi connectivity index (χ2v) is 8.58. The fourth-order valence-electron chi connectivity index (χ4n) is 3.50. The molecule has 0 atom stereocenters. The predicted octanol–water partition coefficient (Wildman–Crippen LogP) is 4.85. The molecule has 0 bridgehead atoms. The van der Waals surface area contributed by atoms with Crippen LogP contribution < -0.4 is 15.5 Å². The summed E-state index contributed by atoms with van der Waals surface area (Å²) in [7, 11) is 0. The number of nitrogens with zero attached hydrogens (tertiary/aromatic N) is 2. The van der Waals surface area contributed by atoms with E-state index in [1.807, 2.05) is 0 Å². The number of pyridine rings is 1. The van der Waals surface area contributed by atoms with Gasteiger partial charge in [0, 0.05) is 35.6 Å². The second kappa shape index (κ2) is 10.2. The lowest BCUT2D eigenvalue weighted by Crippen LogP contribution is -2.36. The van der Waals surface area contributed by atoms with E-state index in [0.29, 0.717) is 45.4 Å². The molecule has 0 spiro atoms. The molecule has 0 aliphatic carbocycles. The quantitative estimate of drug-likeness (QED) is 0.480. The second-order valence-electron chi connectivity index (χ2n) is 7.73. The number of carbonyl (C=O) groups is 2. The van der Waals surface area contributed by atoms with Gasteiger partial charge in [0.1, 0.15) is 5.82 Å². The Hall–Kier alpha value is -3.13. The number of benzene rings is 2. The topological polar surface area (TPSA) is 94.6 Å². The Bertz CT molecular complexity index is 1150. The van der Waals surface area contributed by atoms with Crippen molar-refractivity contribution in [1.82, 2.24) is 4.98 Å². The average molecular weight is 485 g/mol. The molecule has 1 fully saturated rings. The number of halogens is 2. The van der Waals surface area contributed by atoms with Crippen molar-refractivity contribution in [2.75, 3.05) is 28.6 Å². The average Bonchev–Trinajstić information content (AvgIpc) is 2.82. The summed E-state index contributed by atoms with van der Waals surface area (Å²) in [4.78, 5) is 31.7. The van der Waals surface area contributed by atoms with Crippen molar-refractivity contribution in [1.29, 1.82) is 0 Å². The third-order valence-electron chi connectivity index (χ3n) is 5.38. The Morgan fingerprint density at radius 2 is 1.58 bits per heavy atom. The van der Waals surface area contributed by atoms with Crippen molar-refractivity contribution in [3.63, 3.8) is 0 Å². The summed E-state index contributed by atoms with van der Waals surface area (Å²) in [6, 6.07) is 14.8. The van der Waals surface area contributed by atoms with Crippen molar-refractivity contribution < 1.29 is 14.7 Å². The molecule has 2 heterocycles. The number of amides is 2. The van der Waals surface area contributed by atoms with E-state index in [9.17, 15) is 14.7 Å². The molecule has 0 saturated carbocycles. The van der Waals surface area contributed by atoms with Crippen LogP contribution in [0.3, 0.4) is 0 Å². The number of anilines is 3.